The lowest BCUT2D eigenvalue weighted by molar-refractivity contribution is 0.0941. The molecule has 0 saturated carbocycles. The van der Waals surface area contributed by atoms with Crippen LogP contribution in [0.25, 0.3) is 0 Å². The molecule has 4 heteroatoms. The molecule has 0 saturated heterocycles. The second-order valence-corrected chi connectivity index (χ2v) is 5.86. The third-order valence-corrected chi connectivity index (χ3v) is 4.55. The molecule has 0 aliphatic heterocycles. The van der Waals surface area contributed by atoms with Gasteiger partial charge in [-0.3, -0.25) is 4.79 Å². The molecule has 0 spiro atoms. The summed E-state index contributed by atoms with van der Waals surface area (Å²) >= 11 is 1.67. The molecule has 1 aromatic rings. The summed E-state index contributed by atoms with van der Waals surface area (Å²) in [5, 5.41) is 2.89. The summed E-state index contributed by atoms with van der Waals surface area (Å²) < 4.78 is 4.93. The summed E-state index contributed by atoms with van der Waals surface area (Å²) in [6.45, 7) is 1.15. The standard InChI is InChI=1S/C14H21NO2S/c1-17-9-8-15-14(16)13-10-11-6-4-2-3-5-7-12(11)18-13/h10H,2-9H2,1H3,(H,15,16). The topological polar surface area (TPSA) is 38.3 Å². The molecule has 0 aromatic carbocycles. The number of rotatable bonds is 4. The number of hydrogen-bond donors (Lipinski definition) is 1. The molecular weight excluding hydrogens is 246 g/mol. The molecule has 1 aromatic heterocycles. The first kappa shape index (κ1) is 13.6. The smallest absolute Gasteiger partial charge is 0.261 e. The van der Waals surface area contributed by atoms with E-state index in [4.69, 9.17) is 4.74 Å². The molecule has 1 aliphatic rings. The van der Waals surface area contributed by atoms with E-state index in [1.165, 1.54) is 36.1 Å². The van der Waals surface area contributed by atoms with Crippen molar-refractivity contribution in [3.05, 3.63) is 21.4 Å². The molecule has 0 unspecified atom stereocenters. The highest BCUT2D eigenvalue weighted by Gasteiger charge is 2.15. The van der Waals surface area contributed by atoms with E-state index in [0.717, 1.165) is 17.7 Å². The Hall–Kier alpha value is -0.870. The van der Waals surface area contributed by atoms with Crippen LogP contribution in [0.3, 0.4) is 0 Å². The summed E-state index contributed by atoms with van der Waals surface area (Å²) in [7, 11) is 1.64. The lowest BCUT2D eigenvalue weighted by atomic mass is 10.00. The zero-order chi connectivity index (χ0) is 12.8. The van der Waals surface area contributed by atoms with Crippen LogP contribution in [-0.2, 0) is 17.6 Å². The molecule has 100 valence electrons. The first-order valence-electron chi connectivity index (χ1n) is 6.70. The van der Waals surface area contributed by atoms with E-state index in [1.807, 2.05) is 0 Å². The maximum absolute atomic E-state index is 12.0. The van der Waals surface area contributed by atoms with Gasteiger partial charge < -0.3 is 10.1 Å². The zero-order valence-electron chi connectivity index (χ0n) is 11.0. The highest BCUT2D eigenvalue weighted by molar-refractivity contribution is 7.14. The van der Waals surface area contributed by atoms with Crippen molar-refractivity contribution in [3.8, 4) is 0 Å². The second-order valence-electron chi connectivity index (χ2n) is 4.72. The van der Waals surface area contributed by atoms with E-state index in [1.54, 1.807) is 18.4 Å². The van der Waals surface area contributed by atoms with E-state index in [2.05, 4.69) is 11.4 Å². The van der Waals surface area contributed by atoms with Gasteiger partial charge >= 0.3 is 0 Å². The number of ether oxygens (including phenoxy) is 1. The predicted octanol–water partition coefficient (Wildman–Crippen LogP) is 2.78. The quantitative estimate of drug-likeness (QED) is 0.852. The van der Waals surface area contributed by atoms with Crippen LogP contribution < -0.4 is 5.32 Å². The van der Waals surface area contributed by atoms with Gasteiger partial charge in [-0.15, -0.1) is 11.3 Å². The Labute approximate surface area is 113 Å². The number of hydrogen-bond acceptors (Lipinski definition) is 3. The molecule has 18 heavy (non-hydrogen) atoms. The average molecular weight is 267 g/mol. The summed E-state index contributed by atoms with van der Waals surface area (Å²) in [6.07, 6.45) is 7.45. The molecule has 0 fully saturated rings. The molecular formula is C14H21NO2S. The lowest BCUT2D eigenvalue weighted by Gasteiger charge is -2.07. The average Bonchev–Trinajstić information content (AvgIpc) is 2.72. The number of methoxy groups -OCH3 is 1. The van der Waals surface area contributed by atoms with Crippen molar-refractivity contribution >= 4 is 17.2 Å². The molecule has 0 radical (unpaired) electrons. The van der Waals surface area contributed by atoms with Crippen molar-refractivity contribution in [2.45, 2.75) is 38.5 Å². The predicted molar refractivity (Wildman–Crippen MR) is 74.4 cm³/mol. The van der Waals surface area contributed by atoms with E-state index < -0.39 is 0 Å². The maximum atomic E-state index is 12.0. The van der Waals surface area contributed by atoms with Gasteiger partial charge in [0, 0.05) is 18.5 Å². The number of nitrogens with one attached hydrogen (secondary N) is 1. The molecule has 2 rings (SSSR count). The van der Waals surface area contributed by atoms with Gasteiger partial charge in [-0.05, 0) is 37.3 Å². The summed E-state index contributed by atoms with van der Waals surface area (Å²) in [5.41, 5.74) is 1.40. The van der Waals surface area contributed by atoms with Crippen LogP contribution in [0, 0.1) is 0 Å². The van der Waals surface area contributed by atoms with Gasteiger partial charge in [-0.25, -0.2) is 0 Å². The fourth-order valence-electron chi connectivity index (χ4n) is 2.31. The molecule has 3 nitrogen and oxygen atoms in total. The summed E-state index contributed by atoms with van der Waals surface area (Å²) in [5.74, 6) is 0.0452. The molecule has 0 bridgehead atoms. The van der Waals surface area contributed by atoms with Gasteiger partial charge in [0.15, 0.2) is 0 Å². The van der Waals surface area contributed by atoms with Gasteiger partial charge in [0.2, 0.25) is 0 Å². The third kappa shape index (κ3) is 3.56. The summed E-state index contributed by atoms with van der Waals surface area (Å²) in [6, 6.07) is 2.09. The van der Waals surface area contributed by atoms with Gasteiger partial charge in [0.05, 0.1) is 11.5 Å². The van der Waals surface area contributed by atoms with Crippen molar-refractivity contribution in [1.82, 2.24) is 5.32 Å². The van der Waals surface area contributed by atoms with Gasteiger partial charge in [0.1, 0.15) is 0 Å². The highest BCUT2D eigenvalue weighted by Crippen LogP contribution is 2.28. The van der Waals surface area contributed by atoms with Crippen LogP contribution in [-0.4, -0.2) is 26.2 Å². The third-order valence-electron chi connectivity index (χ3n) is 3.31. The SMILES string of the molecule is COCCNC(=O)c1cc2c(s1)CCCCCC2. The number of carbonyl (C=O) groups excluding carboxylic acids is 1. The lowest BCUT2D eigenvalue weighted by Crippen LogP contribution is -2.26. The van der Waals surface area contributed by atoms with Crippen molar-refractivity contribution in [1.29, 1.82) is 0 Å². The maximum Gasteiger partial charge on any atom is 0.261 e. The monoisotopic (exact) mass is 267 g/mol. The van der Waals surface area contributed by atoms with Crippen LogP contribution in [0.1, 0.15) is 45.8 Å². The molecule has 1 amide bonds. The zero-order valence-corrected chi connectivity index (χ0v) is 11.8. The minimum atomic E-state index is 0.0452. The number of amides is 1. The minimum absolute atomic E-state index is 0.0452. The van der Waals surface area contributed by atoms with E-state index in [0.29, 0.717) is 13.2 Å². The Morgan fingerprint density at radius 3 is 2.89 bits per heavy atom. The number of fused-ring (bicyclic) bond motifs is 1. The van der Waals surface area contributed by atoms with Crippen molar-refractivity contribution < 1.29 is 9.53 Å². The van der Waals surface area contributed by atoms with Gasteiger partial charge in [-0.2, -0.15) is 0 Å². The molecule has 1 N–H and O–H groups in total. The Bertz CT molecular complexity index is 375. The van der Waals surface area contributed by atoms with E-state index in [-0.39, 0.29) is 5.91 Å². The van der Waals surface area contributed by atoms with Gasteiger partial charge in [-0.1, -0.05) is 12.8 Å². The summed E-state index contributed by atoms with van der Waals surface area (Å²) in [4.78, 5) is 14.2. The van der Waals surface area contributed by atoms with Crippen molar-refractivity contribution in [2.24, 2.45) is 0 Å². The van der Waals surface area contributed by atoms with E-state index >= 15 is 0 Å². The Kier molecular flexibility index (Phi) is 5.20. The van der Waals surface area contributed by atoms with Crippen LogP contribution in [0.5, 0.6) is 0 Å². The Balaban J connectivity index is 2.00. The van der Waals surface area contributed by atoms with Crippen LogP contribution in [0.2, 0.25) is 0 Å². The highest BCUT2D eigenvalue weighted by atomic mass is 32.1. The molecule has 0 atom stereocenters. The van der Waals surface area contributed by atoms with Gasteiger partial charge in [0.25, 0.3) is 5.91 Å². The van der Waals surface area contributed by atoms with Crippen molar-refractivity contribution in [3.63, 3.8) is 0 Å². The second kappa shape index (κ2) is 6.90. The Morgan fingerprint density at radius 1 is 1.33 bits per heavy atom. The number of aryl methyl sites for hydroxylation is 2. The molecule has 1 aliphatic carbocycles. The minimum Gasteiger partial charge on any atom is -0.383 e. The van der Waals surface area contributed by atoms with Crippen LogP contribution in [0.15, 0.2) is 6.07 Å². The number of carbonyl (C=O) groups is 1. The molecule has 1 heterocycles. The van der Waals surface area contributed by atoms with E-state index in [9.17, 15) is 4.79 Å². The Morgan fingerprint density at radius 2 is 2.11 bits per heavy atom. The van der Waals surface area contributed by atoms with Crippen LogP contribution in [0.4, 0.5) is 0 Å². The van der Waals surface area contributed by atoms with Crippen LogP contribution >= 0.6 is 11.3 Å². The fourth-order valence-corrected chi connectivity index (χ4v) is 3.48. The van der Waals surface area contributed by atoms with Crippen molar-refractivity contribution in [2.75, 3.05) is 20.3 Å². The first-order chi connectivity index (χ1) is 8.81. The normalized spacial score (nSPS) is 15.6. The first-order valence-corrected chi connectivity index (χ1v) is 7.51. The fraction of sp³-hybridized carbons (Fsp3) is 0.643. The largest absolute Gasteiger partial charge is 0.383 e. The number of thiophene rings is 1.